The van der Waals surface area contributed by atoms with Crippen molar-refractivity contribution in [2.75, 3.05) is 7.11 Å². The first-order valence-electron chi connectivity index (χ1n) is 7.09. The second-order valence-corrected chi connectivity index (χ2v) is 5.48. The van der Waals surface area contributed by atoms with Crippen LogP contribution in [0.3, 0.4) is 0 Å². The summed E-state index contributed by atoms with van der Waals surface area (Å²) in [5.74, 6) is 0.0433. The molecule has 1 aliphatic heterocycles. The third-order valence-electron chi connectivity index (χ3n) is 3.54. The lowest BCUT2D eigenvalue weighted by molar-refractivity contribution is -0.384. The Morgan fingerprint density at radius 2 is 1.96 bits per heavy atom. The van der Waals surface area contributed by atoms with Gasteiger partial charge in [-0.05, 0) is 29.8 Å². The van der Waals surface area contributed by atoms with E-state index in [0.29, 0.717) is 11.3 Å². The van der Waals surface area contributed by atoms with Crippen molar-refractivity contribution in [3.63, 3.8) is 0 Å². The topological polar surface area (TPSA) is 91.0 Å². The Bertz CT molecular complexity index is 919. The van der Waals surface area contributed by atoms with Gasteiger partial charge in [0.25, 0.3) is 5.69 Å². The highest BCUT2D eigenvalue weighted by Crippen LogP contribution is 2.28. The molecular weight excluding hydrogens is 348 g/mol. The zero-order valence-electron chi connectivity index (χ0n) is 12.9. The van der Waals surface area contributed by atoms with E-state index in [1.54, 1.807) is 37.5 Å². The van der Waals surface area contributed by atoms with Crippen molar-refractivity contribution in [3.05, 3.63) is 74.3 Å². The lowest BCUT2D eigenvalue weighted by atomic mass is 10.00. The zero-order chi connectivity index (χ0) is 18.0. The van der Waals surface area contributed by atoms with Crippen LogP contribution in [0.4, 0.5) is 5.69 Å². The number of carbonyl (C=O) groups excluding carboxylic acids is 1. The van der Waals surface area contributed by atoms with Crippen LogP contribution >= 0.6 is 11.6 Å². The summed E-state index contributed by atoms with van der Waals surface area (Å²) in [5, 5.41) is 14.8. The minimum Gasteiger partial charge on any atom is -0.497 e. The van der Waals surface area contributed by atoms with Crippen molar-refractivity contribution in [1.82, 2.24) is 0 Å². The molecule has 8 heteroatoms. The first-order chi connectivity index (χ1) is 12.0. The molecule has 2 aromatic carbocycles. The predicted octanol–water partition coefficient (Wildman–Crippen LogP) is 3.60. The molecule has 0 atom stereocenters. The van der Waals surface area contributed by atoms with Crippen LogP contribution in [0, 0.1) is 10.1 Å². The molecule has 0 saturated carbocycles. The number of benzene rings is 2. The fourth-order valence-electron chi connectivity index (χ4n) is 2.28. The highest BCUT2D eigenvalue weighted by atomic mass is 35.5. The van der Waals surface area contributed by atoms with Crippen LogP contribution in [0.1, 0.15) is 11.1 Å². The van der Waals surface area contributed by atoms with Gasteiger partial charge in [-0.1, -0.05) is 35.0 Å². The summed E-state index contributed by atoms with van der Waals surface area (Å²) in [4.78, 5) is 27.2. The predicted molar refractivity (Wildman–Crippen MR) is 91.7 cm³/mol. The summed E-state index contributed by atoms with van der Waals surface area (Å²) in [6.45, 7) is 0. The van der Waals surface area contributed by atoms with Gasteiger partial charge in [0, 0.05) is 11.6 Å². The SMILES string of the molecule is COc1ccc(C=C2C(=O)ON=C2c2ccc(Cl)c([N+](=O)[O-])c2)cc1. The summed E-state index contributed by atoms with van der Waals surface area (Å²) in [5.41, 5.74) is 1.22. The van der Waals surface area contributed by atoms with Crippen LogP contribution in [-0.2, 0) is 9.63 Å². The van der Waals surface area contributed by atoms with Crippen LogP contribution in [0.15, 0.2) is 53.2 Å². The molecule has 25 heavy (non-hydrogen) atoms. The van der Waals surface area contributed by atoms with Gasteiger partial charge in [0.05, 0.1) is 17.6 Å². The Morgan fingerprint density at radius 3 is 2.60 bits per heavy atom. The number of rotatable bonds is 4. The molecule has 0 aromatic heterocycles. The number of nitrogens with zero attached hydrogens (tertiary/aromatic N) is 2. The van der Waals surface area contributed by atoms with Crippen molar-refractivity contribution in [3.8, 4) is 5.75 Å². The molecule has 0 spiro atoms. The average molecular weight is 359 g/mol. The number of nitro groups is 1. The lowest BCUT2D eigenvalue weighted by Crippen LogP contribution is -2.07. The van der Waals surface area contributed by atoms with Crippen LogP contribution in [0.2, 0.25) is 5.02 Å². The normalized spacial score (nSPS) is 15.0. The van der Waals surface area contributed by atoms with Crippen LogP contribution in [-0.4, -0.2) is 23.7 Å². The molecule has 0 radical (unpaired) electrons. The molecule has 0 amide bonds. The maximum Gasteiger partial charge on any atom is 0.368 e. The standard InChI is InChI=1S/C17H11ClN2O5/c1-24-12-5-2-10(3-6-12)8-13-16(19-25-17(13)21)11-4-7-14(18)15(9-11)20(22)23/h2-9H,1H3. The molecule has 0 saturated heterocycles. The summed E-state index contributed by atoms with van der Waals surface area (Å²) >= 11 is 5.82. The van der Waals surface area contributed by atoms with E-state index in [1.165, 1.54) is 18.2 Å². The fraction of sp³-hybridized carbons (Fsp3) is 0.0588. The van der Waals surface area contributed by atoms with Gasteiger partial charge in [0.15, 0.2) is 0 Å². The van der Waals surface area contributed by atoms with Gasteiger partial charge in [-0.25, -0.2) is 4.79 Å². The molecule has 1 heterocycles. The number of carbonyl (C=O) groups is 1. The minimum atomic E-state index is -0.636. The number of halogens is 1. The quantitative estimate of drug-likeness (QED) is 0.360. The van der Waals surface area contributed by atoms with Gasteiger partial charge in [-0.15, -0.1) is 0 Å². The number of ether oxygens (including phenoxy) is 1. The first kappa shape index (κ1) is 16.7. The maximum atomic E-state index is 12.0. The summed E-state index contributed by atoms with van der Waals surface area (Å²) in [7, 11) is 1.56. The minimum absolute atomic E-state index is 0.000255. The molecule has 1 aliphatic rings. The number of methoxy groups -OCH3 is 1. The van der Waals surface area contributed by atoms with E-state index < -0.39 is 10.9 Å². The van der Waals surface area contributed by atoms with E-state index in [0.717, 1.165) is 5.56 Å². The number of oxime groups is 1. The van der Waals surface area contributed by atoms with E-state index in [9.17, 15) is 14.9 Å². The van der Waals surface area contributed by atoms with Crippen molar-refractivity contribution in [2.24, 2.45) is 5.16 Å². The number of hydrogen-bond donors (Lipinski definition) is 0. The Kier molecular flexibility index (Phi) is 4.49. The van der Waals surface area contributed by atoms with Crippen molar-refractivity contribution in [2.45, 2.75) is 0 Å². The molecule has 7 nitrogen and oxygen atoms in total. The van der Waals surface area contributed by atoms with Gasteiger partial charge >= 0.3 is 5.97 Å². The smallest absolute Gasteiger partial charge is 0.368 e. The van der Waals surface area contributed by atoms with E-state index in [1.807, 2.05) is 0 Å². The second kappa shape index (κ2) is 6.74. The highest BCUT2D eigenvalue weighted by molar-refractivity contribution is 6.34. The molecule has 0 bridgehead atoms. The third kappa shape index (κ3) is 3.36. The number of nitro benzene ring substituents is 1. The van der Waals surface area contributed by atoms with E-state index in [4.69, 9.17) is 21.2 Å². The molecule has 126 valence electrons. The third-order valence-corrected chi connectivity index (χ3v) is 3.86. The van der Waals surface area contributed by atoms with Crippen LogP contribution in [0.25, 0.3) is 6.08 Å². The highest BCUT2D eigenvalue weighted by Gasteiger charge is 2.28. The molecule has 0 fully saturated rings. The maximum absolute atomic E-state index is 12.0. The second-order valence-electron chi connectivity index (χ2n) is 5.07. The van der Waals surface area contributed by atoms with E-state index >= 15 is 0 Å². The molecular formula is C17H11ClN2O5. The molecule has 3 rings (SSSR count). The summed E-state index contributed by atoms with van der Waals surface area (Å²) in [6.07, 6.45) is 1.59. The van der Waals surface area contributed by atoms with Crippen LogP contribution in [0.5, 0.6) is 5.75 Å². The van der Waals surface area contributed by atoms with Gasteiger partial charge in [0.2, 0.25) is 0 Å². The molecule has 0 N–H and O–H groups in total. The van der Waals surface area contributed by atoms with Crippen molar-refractivity contribution < 1.29 is 19.3 Å². The van der Waals surface area contributed by atoms with E-state index in [-0.39, 0.29) is 22.0 Å². The van der Waals surface area contributed by atoms with Crippen molar-refractivity contribution in [1.29, 1.82) is 0 Å². The lowest BCUT2D eigenvalue weighted by Gasteiger charge is -2.03. The van der Waals surface area contributed by atoms with Gasteiger partial charge in [-0.3, -0.25) is 10.1 Å². The van der Waals surface area contributed by atoms with E-state index in [2.05, 4.69) is 5.16 Å². The summed E-state index contributed by atoms with van der Waals surface area (Å²) < 4.78 is 5.09. The van der Waals surface area contributed by atoms with Gasteiger partial charge < -0.3 is 9.57 Å². The van der Waals surface area contributed by atoms with Gasteiger partial charge in [0.1, 0.15) is 16.5 Å². The zero-order valence-corrected chi connectivity index (χ0v) is 13.7. The fourth-order valence-corrected chi connectivity index (χ4v) is 2.47. The Balaban J connectivity index is 2.01. The van der Waals surface area contributed by atoms with Crippen LogP contribution < -0.4 is 4.74 Å². The molecule has 2 aromatic rings. The van der Waals surface area contributed by atoms with Gasteiger partial charge in [-0.2, -0.15) is 0 Å². The first-order valence-corrected chi connectivity index (χ1v) is 7.47. The Morgan fingerprint density at radius 1 is 1.24 bits per heavy atom. The molecule has 0 unspecified atom stereocenters. The largest absolute Gasteiger partial charge is 0.497 e. The Labute approximate surface area is 147 Å². The monoisotopic (exact) mass is 358 g/mol. The summed E-state index contributed by atoms with van der Waals surface area (Å²) in [6, 6.07) is 11.2. The van der Waals surface area contributed by atoms with Crippen molar-refractivity contribution >= 4 is 35.0 Å². The Hall–Kier alpha value is -3.19. The average Bonchev–Trinajstić information content (AvgIpc) is 2.96. The molecule has 0 aliphatic carbocycles. The number of hydrogen-bond acceptors (Lipinski definition) is 6.